The third-order valence-electron chi connectivity index (χ3n) is 2.84. The fourth-order valence-electron chi connectivity index (χ4n) is 1.93. The Morgan fingerprint density at radius 2 is 2.35 bits per heavy atom. The largest absolute Gasteiger partial charge is 0.507 e. The number of nitrogens with one attached hydrogen (secondary N) is 2. The Hall–Kier alpha value is -1.62. The molecule has 17 heavy (non-hydrogen) atoms. The molecular formula is C12H15FN2O2. The number of phenolic OH excluding ortho intramolecular Hbond substituents is 1. The van der Waals surface area contributed by atoms with E-state index in [1.165, 1.54) is 6.07 Å². The monoisotopic (exact) mass is 238 g/mol. The van der Waals surface area contributed by atoms with E-state index >= 15 is 0 Å². The van der Waals surface area contributed by atoms with E-state index in [1.807, 2.05) is 0 Å². The normalized spacial score (nSPS) is 19.9. The highest BCUT2D eigenvalue weighted by atomic mass is 19.1. The molecule has 1 aliphatic rings. The molecule has 1 fully saturated rings. The molecule has 0 radical (unpaired) electrons. The Morgan fingerprint density at radius 1 is 1.53 bits per heavy atom. The zero-order valence-corrected chi connectivity index (χ0v) is 9.37. The summed E-state index contributed by atoms with van der Waals surface area (Å²) in [6, 6.07) is 3.46. The molecule has 0 bridgehead atoms. The molecule has 1 heterocycles. The molecule has 1 aromatic rings. The van der Waals surface area contributed by atoms with Crippen LogP contribution in [-0.2, 0) is 0 Å². The average Bonchev–Trinajstić information content (AvgIpc) is 2.30. The number of amides is 1. The number of carbonyl (C=O) groups is 1. The summed E-state index contributed by atoms with van der Waals surface area (Å²) in [4.78, 5) is 11.8. The lowest BCUT2D eigenvalue weighted by Gasteiger charge is -2.23. The van der Waals surface area contributed by atoms with Crippen molar-refractivity contribution in [2.24, 2.45) is 0 Å². The van der Waals surface area contributed by atoms with E-state index in [2.05, 4.69) is 10.6 Å². The summed E-state index contributed by atoms with van der Waals surface area (Å²) in [6.45, 7) is 1.70. The summed E-state index contributed by atoms with van der Waals surface area (Å²) in [5, 5.41) is 15.5. The van der Waals surface area contributed by atoms with E-state index in [1.54, 1.807) is 0 Å². The Morgan fingerprint density at radius 3 is 3.00 bits per heavy atom. The zero-order valence-electron chi connectivity index (χ0n) is 9.37. The van der Waals surface area contributed by atoms with Gasteiger partial charge in [-0.2, -0.15) is 0 Å². The SMILES string of the molecule is O=C(N[C@@H]1CCCNC1)c1ccc(F)cc1O. The summed E-state index contributed by atoms with van der Waals surface area (Å²) in [5.41, 5.74) is 0.108. The summed E-state index contributed by atoms with van der Waals surface area (Å²) >= 11 is 0. The van der Waals surface area contributed by atoms with Crippen LogP contribution in [0.2, 0.25) is 0 Å². The van der Waals surface area contributed by atoms with Crippen molar-refractivity contribution < 1.29 is 14.3 Å². The van der Waals surface area contributed by atoms with E-state index in [9.17, 15) is 14.3 Å². The standard InChI is InChI=1S/C12H15FN2O2/c13-8-3-4-10(11(16)6-8)12(17)15-9-2-1-5-14-7-9/h3-4,6,9,14,16H,1-2,5,7H2,(H,15,17)/t9-/m1/s1. The third-order valence-corrected chi connectivity index (χ3v) is 2.84. The highest BCUT2D eigenvalue weighted by molar-refractivity contribution is 5.96. The van der Waals surface area contributed by atoms with Gasteiger partial charge in [-0.1, -0.05) is 0 Å². The number of halogens is 1. The first-order chi connectivity index (χ1) is 8.16. The maximum Gasteiger partial charge on any atom is 0.255 e. The van der Waals surface area contributed by atoms with Crippen molar-refractivity contribution in [3.8, 4) is 5.75 Å². The van der Waals surface area contributed by atoms with Gasteiger partial charge in [-0.3, -0.25) is 4.79 Å². The maximum absolute atomic E-state index is 12.8. The van der Waals surface area contributed by atoms with E-state index < -0.39 is 5.82 Å². The number of rotatable bonds is 2. The molecule has 1 aromatic carbocycles. The smallest absolute Gasteiger partial charge is 0.255 e. The Balaban J connectivity index is 2.03. The number of hydrogen-bond acceptors (Lipinski definition) is 3. The maximum atomic E-state index is 12.8. The lowest BCUT2D eigenvalue weighted by molar-refractivity contribution is 0.0928. The summed E-state index contributed by atoms with van der Waals surface area (Å²) < 4.78 is 12.8. The Labute approximate surface area is 98.8 Å². The third kappa shape index (κ3) is 2.94. The molecule has 4 nitrogen and oxygen atoms in total. The van der Waals surface area contributed by atoms with Gasteiger partial charge >= 0.3 is 0 Å². The lowest BCUT2D eigenvalue weighted by atomic mass is 10.1. The summed E-state index contributed by atoms with van der Waals surface area (Å²) in [5.74, 6) is -1.25. The number of carbonyl (C=O) groups excluding carboxylic acids is 1. The molecule has 1 aliphatic heterocycles. The van der Waals surface area contributed by atoms with Crippen LogP contribution in [0, 0.1) is 5.82 Å². The minimum Gasteiger partial charge on any atom is -0.507 e. The Bertz CT molecular complexity index is 417. The zero-order chi connectivity index (χ0) is 12.3. The highest BCUT2D eigenvalue weighted by Crippen LogP contribution is 2.18. The van der Waals surface area contributed by atoms with Crippen molar-refractivity contribution in [3.05, 3.63) is 29.6 Å². The fraction of sp³-hybridized carbons (Fsp3) is 0.417. The van der Waals surface area contributed by atoms with Gasteiger partial charge in [0.15, 0.2) is 0 Å². The molecule has 0 aromatic heterocycles. The number of hydrogen-bond donors (Lipinski definition) is 3. The minimum atomic E-state index is -0.557. The number of benzene rings is 1. The van der Waals surface area contributed by atoms with E-state index in [0.29, 0.717) is 0 Å². The molecule has 1 saturated heterocycles. The van der Waals surface area contributed by atoms with Crippen LogP contribution in [0.25, 0.3) is 0 Å². The average molecular weight is 238 g/mol. The highest BCUT2D eigenvalue weighted by Gasteiger charge is 2.18. The van der Waals surface area contributed by atoms with Gasteiger partial charge in [-0.15, -0.1) is 0 Å². The second-order valence-electron chi connectivity index (χ2n) is 4.18. The van der Waals surface area contributed by atoms with Crippen LogP contribution in [0.1, 0.15) is 23.2 Å². The van der Waals surface area contributed by atoms with Crippen LogP contribution < -0.4 is 10.6 Å². The van der Waals surface area contributed by atoms with Crippen molar-refractivity contribution in [2.75, 3.05) is 13.1 Å². The fourth-order valence-corrected chi connectivity index (χ4v) is 1.93. The van der Waals surface area contributed by atoms with Crippen molar-refractivity contribution >= 4 is 5.91 Å². The molecule has 5 heteroatoms. The predicted octanol–water partition coefficient (Wildman–Crippen LogP) is 1.01. The van der Waals surface area contributed by atoms with Gasteiger partial charge in [0, 0.05) is 18.7 Å². The van der Waals surface area contributed by atoms with Gasteiger partial charge < -0.3 is 15.7 Å². The van der Waals surface area contributed by atoms with Crippen LogP contribution in [0.4, 0.5) is 4.39 Å². The molecule has 0 aliphatic carbocycles. The number of aromatic hydroxyl groups is 1. The van der Waals surface area contributed by atoms with Crippen molar-refractivity contribution in [3.63, 3.8) is 0 Å². The van der Waals surface area contributed by atoms with E-state index in [4.69, 9.17) is 0 Å². The van der Waals surface area contributed by atoms with Crippen molar-refractivity contribution in [1.82, 2.24) is 10.6 Å². The molecule has 3 N–H and O–H groups in total. The predicted molar refractivity (Wildman–Crippen MR) is 61.4 cm³/mol. The lowest BCUT2D eigenvalue weighted by Crippen LogP contribution is -2.45. The van der Waals surface area contributed by atoms with Crippen LogP contribution in [0.15, 0.2) is 18.2 Å². The van der Waals surface area contributed by atoms with Crippen LogP contribution >= 0.6 is 0 Å². The van der Waals surface area contributed by atoms with Gasteiger partial charge in [0.2, 0.25) is 0 Å². The topological polar surface area (TPSA) is 61.4 Å². The van der Waals surface area contributed by atoms with Gasteiger partial charge in [-0.05, 0) is 31.5 Å². The van der Waals surface area contributed by atoms with Gasteiger partial charge in [0.25, 0.3) is 5.91 Å². The molecule has 0 spiro atoms. The summed E-state index contributed by atoms with van der Waals surface area (Å²) in [7, 11) is 0. The molecule has 1 amide bonds. The van der Waals surface area contributed by atoms with E-state index in [-0.39, 0.29) is 23.3 Å². The second kappa shape index (κ2) is 5.14. The van der Waals surface area contributed by atoms with Crippen molar-refractivity contribution in [2.45, 2.75) is 18.9 Å². The van der Waals surface area contributed by atoms with Gasteiger partial charge in [-0.25, -0.2) is 4.39 Å². The second-order valence-corrected chi connectivity index (χ2v) is 4.18. The molecule has 92 valence electrons. The van der Waals surface area contributed by atoms with Crippen LogP contribution in [-0.4, -0.2) is 30.1 Å². The molecular weight excluding hydrogens is 223 g/mol. The molecule has 2 rings (SSSR count). The molecule has 1 atom stereocenters. The molecule has 0 saturated carbocycles. The minimum absolute atomic E-state index is 0.0701. The Kier molecular flexibility index (Phi) is 3.58. The molecule has 0 unspecified atom stereocenters. The van der Waals surface area contributed by atoms with Gasteiger partial charge in [0.05, 0.1) is 5.56 Å². The number of phenols is 1. The van der Waals surface area contributed by atoms with Crippen molar-refractivity contribution in [1.29, 1.82) is 0 Å². The first kappa shape index (κ1) is 11.9. The summed E-state index contributed by atoms with van der Waals surface area (Å²) in [6.07, 6.45) is 1.93. The number of piperidine rings is 1. The van der Waals surface area contributed by atoms with Crippen LogP contribution in [0.5, 0.6) is 5.75 Å². The first-order valence-electron chi connectivity index (χ1n) is 5.67. The van der Waals surface area contributed by atoms with E-state index in [0.717, 1.165) is 38.1 Å². The van der Waals surface area contributed by atoms with Crippen LogP contribution in [0.3, 0.4) is 0 Å². The first-order valence-corrected chi connectivity index (χ1v) is 5.67. The van der Waals surface area contributed by atoms with Gasteiger partial charge in [0.1, 0.15) is 11.6 Å². The quantitative estimate of drug-likeness (QED) is 0.720.